The Labute approximate surface area is 129 Å². The largest absolute Gasteiger partial charge is 0.463 e. The van der Waals surface area contributed by atoms with Crippen molar-refractivity contribution in [3.63, 3.8) is 0 Å². The number of aromatic nitrogens is 2. The average molecular weight is 302 g/mol. The number of benzene rings is 1. The summed E-state index contributed by atoms with van der Waals surface area (Å²) in [5.74, 6) is -0.600. The molecule has 0 spiro atoms. The van der Waals surface area contributed by atoms with Gasteiger partial charge >= 0.3 is 6.01 Å². The van der Waals surface area contributed by atoms with E-state index in [-0.39, 0.29) is 11.8 Å². The number of rotatable bonds is 7. The normalized spacial score (nSPS) is 10.9. The Morgan fingerprint density at radius 1 is 1.27 bits per heavy atom. The van der Waals surface area contributed by atoms with Crippen LogP contribution in [0, 0.1) is 5.82 Å². The molecular formula is C16H19FN4O. The van der Waals surface area contributed by atoms with Gasteiger partial charge < -0.3 is 9.64 Å². The molecule has 0 amide bonds. The van der Waals surface area contributed by atoms with Crippen molar-refractivity contribution >= 4 is 12.2 Å². The van der Waals surface area contributed by atoms with Gasteiger partial charge in [0, 0.05) is 14.1 Å². The van der Waals surface area contributed by atoms with Crippen molar-refractivity contribution in [3.05, 3.63) is 47.9 Å². The van der Waals surface area contributed by atoms with Gasteiger partial charge in [-0.2, -0.15) is 4.98 Å². The minimum atomic E-state index is -0.574. The second kappa shape index (κ2) is 8.07. The van der Waals surface area contributed by atoms with Gasteiger partial charge in [-0.15, -0.1) is 0 Å². The molecule has 1 aromatic carbocycles. The van der Waals surface area contributed by atoms with Crippen molar-refractivity contribution in [3.8, 4) is 6.01 Å². The highest BCUT2D eigenvalue weighted by Crippen LogP contribution is 2.16. The number of nitrogens with zero attached hydrogens (tertiary/aromatic N) is 4. The molecule has 0 bridgehead atoms. The molecule has 0 radical (unpaired) electrons. The first-order valence-corrected chi connectivity index (χ1v) is 7.05. The maximum absolute atomic E-state index is 13.5. The fraction of sp³-hybridized carbons (Fsp3) is 0.312. The smallest absolute Gasteiger partial charge is 0.318 e. The summed E-state index contributed by atoms with van der Waals surface area (Å²) >= 11 is 0. The lowest BCUT2D eigenvalue weighted by atomic mass is 10.1. The van der Waals surface area contributed by atoms with E-state index in [1.807, 2.05) is 18.2 Å². The average Bonchev–Trinajstić information content (AvgIpc) is 2.52. The van der Waals surface area contributed by atoms with Crippen molar-refractivity contribution in [1.82, 2.24) is 14.9 Å². The van der Waals surface area contributed by atoms with Gasteiger partial charge in [-0.05, 0) is 18.4 Å². The second-order valence-corrected chi connectivity index (χ2v) is 4.97. The summed E-state index contributed by atoms with van der Waals surface area (Å²) in [7, 11) is 3.59. The molecule has 0 aliphatic carbocycles. The summed E-state index contributed by atoms with van der Waals surface area (Å²) in [5.41, 5.74) is 1.25. The molecule has 2 aromatic rings. The molecule has 0 aliphatic rings. The monoisotopic (exact) mass is 302 g/mol. The number of aliphatic imine (C=N–C) groups is 1. The quantitative estimate of drug-likeness (QED) is 0.448. The van der Waals surface area contributed by atoms with E-state index in [0.29, 0.717) is 6.61 Å². The molecule has 2 rings (SSSR count). The maximum atomic E-state index is 13.5. The Morgan fingerprint density at radius 3 is 2.77 bits per heavy atom. The first-order chi connectivity index (χ1) is 10.6. The third kappa shape index (κ3) is 5.12. The van der Waals surface area contributed by atoms with Crippen LogP contribution in [0.2, 0.25) is 0 Å². The molecular weight excluding hydrogens is 283 g/mol. The number of ether oxygens (including phenoxy) is 1. The number of hydrogen-bond donors (Lipinski definition) is 0. The Hall–Kier alpha value is -2.50. The van der Waals surface area contributed by atoms with Gasteiger partial charge in [-0.1, -0.05) is 30.3 Å². The first kappa shape index (κ1) is 15.9. The van der Waals surface area contributed by atoms with E-state index in [2.05, 4.69) is 27.1 Å². The van der Waals surface area contributed by atoms with Crippen molar-refractivity contribution in [2.75, 3.05) is 20.7 Å². The Morgan fingerprint density at radius 2 is 2.05 bits per heavy atom. The number of aryl methyl sites for hydroxylation is 1. The molecule has 22 heavy (non-hydrogen) atoms. The summed E-state index contributed by atoms with van der Waals surface area (Å²) in [6, 6.07) is 10.3. The Balaban J connectivity index is 1.86. The molecule has 0 fully saturated rings. The lowest BCUT2D eigenvalue weighted by molar-refractivity contribution is 0.285. The van der Waals surface area contributed by atoms with E-state index >= 15 is 0 Å². The van der Waals surface area contributed by atoms with Crippen LogP contribution in [-0.4, -0.2) is 41.9 Å². The summed E-state index contributed by atoms with van der Waals surface area (Å²) < 4.78 is 19.0. The Kier molecular flexibility index (Phi) is 5.82. The highest BCUT2D eigenvalue weighted by molar-refractivity contribution is 5.59. The van der Waals surface area contributed by atoms with E-state index < -0.39 is 5.82 Å². The van der Waals surface area contributed by atoms with Crippen LogP contribution in [-0.2, 0) is 6.42 Å². The number of hydrogen-bond acceptors (Lipinski definition) is 4. The molecule has 1 aromatic heterocycles. The zero-order chi connectivity index (χ0) is 15.8. The highest BCUT2D eigenvalue weighted by Gasteiger charge is 2.06. The van der Waals surface area contributed by atoms with Gasteiger partial charge in [0.15, 0.2) is 11.6 Å². The van der Waals surface area contributed by atoms with Crippen molar-refractivity contribution in [2.45, 2.75) is 12.8 Å². The zero-order valence-corrected chi connectivity index (χ0v) is 12.7. The van der Waals surface area contributed by atoms with Gasteiger partial charge in [0.1, 0.15) is 0 Å². The van der Waals surface area contributed by atoms with Crippen LogP contribution in [0.1, 0.15) is 12.0 Å². The van der Waals surface area contributed by atoms with Crippen LogP contribution < -0.4 is 4.74 Å². The summed E-state index contributed by atoms with van der Waals surface area (Å²) in [5, 5.41) is 0. The van der Waals surface area contributed by atoms with E-state index in [1.54, 1.807) is 19.0 Å². The summed E-state index contributed by atoms with van der Waals surface area (Å²) in [6.07, 6.45) is 4.29. The molecule has 116 valence electrons. The number of halogens is 1. The van der Waals surface area contributed by atoms with E-state index in [4.69, 9.17) is 4.74 Å². The topological polar surface area (TPSA) is 50.6 Å². The molecule has 0 saturated heterocycles. The molecule has 6 heteroatoms. The third-order valence-corrected chi connectivity index (χ3v) is 2.80. The Bertz CT molecular complexity index is 617. The summed E-state index contributed by atoms with van der Waals surface area (Å²) in [6.45, 7) is 0.470. The SMILES string of the molecule is CN(C)C=Nc1nc(OCCCc2ccccc2)ncc1F. The second-order valence-electron chi connectivity index (χ2n) is 4.97. The lowest BCUT2D eigenvalue weighted by Crippen LogP contribution is -2.08. The van der Waals surface area contributed by atoms with Crippen LogP contribution in [0.25, 0.3) is 0 Å². The van der Waals surface area contributed by atoms with Crippen LogP contribution in [0.4, 0.5) is 10.2 Å². The molecule has 0 saturated carbocycles. The molecule has 5 nitrogen and oxygen atoms in total. The van der Waals surface area contributed by atoms with Crippen LogP contribution in [0.15, 0.2) is 41.5 Å². The zero-order valence-electron chi connectivity index (χ0n) is 12.7. The van der Waals surface area contributed by atoms with Crippen LogP contribution in [0.5, 0.6) is 6.01 Å². The summed E-state index contributed by atoms with van der Waals surface area (Å²) in [4.78, 5) is 13.4. The predicted molar refractivity (Wildman–Crippen MR) is 84.1 cm³/mol. The first-order valence-electron chi connectivity index (χ1n) is 7.05. The standard InChI is InChI=1S/C16H19FN4O/c1-21(2)12-19-15-14(17)11-18-16(20-15)22-10-6-9-13-7-4-3-5-8-13/h3-5,7-8,11-12H,6,9-10H2,1-2H3. The van der Waals surface area contributed by atoms with Gasteiger partial charge in [-0.25, -0.2) is 14.4 Å². The van der Waals surface area contributed by atoms with Crippen molar-refractivity contribution < 1.29 is 9.13 Å². The van der Waals surface area contributed by atoms with E-state index in [1.165, 1.54) is 11.9 Å². The fourth-order valence-corrected chi connectivity index (χ4v) is 1.76. The lowest BCUT2D eigenvalue weighted by Gasteiger charge is -2.06. The maximum Gasteiger partial charge on any atom is 0.318 e. The van der Waals surface area contributed by atoms with Gasteiger partial charge in [0.05, 0.1) is 19.1 Å². The molecule has 0 aliphatic heterocycles. The van der Waals surface area contributed by atoms with Crippen LogP contribution in [0.3, 0.4) is 0 Å². The predicted octanol–water partition coefficient (Wildman–Crippen LogP) is 2.85. The molecule has 0 atom stereocenters. The van der Waals surface area contributed by atoms with Gasteiger partial charge in [0.2, 0.25) is 0 Å². The van der Waals surface area contributed by atoms with Crippen molar-refractivity contribution in [1.29, 1.82) is 0 Å². The molecule has 0 unspecified atom stereocenters. The minimum absolute atomic E-state index is 0.0261. The molecule has 1 heterocycles. The third-order valence-electron chi connectivity index (χ3n) is 2.80. The van der Waals surface area contributed by atoms with E-state index in [9.17, 15) is 4.39 Å². The highest BCUT2D eigenvalue weighted by atomic mass is 19.1. The van der Waals surface area contributed by atoms with Gasteiger partial charge in [-0.3, -0.25) is 0 Å². The van der Waals surface area contributed by atoms with Crippen LogP contribution >= 0.6 is 0 Å². The fourth-order valence-electron chi connectivity index (χ4n) is 1.76. The van der Waals surface area contributed by atoms with Crippen molar-refractivity contribution in [2.24, 2.45) is 4.99 Å². The van der Waals surface area contributed by atoms with Gasteiger partial charge in [0.25, 0.3) is 0 Å². The van der Waals surface area contributed by atoms with E-state index in [0.717, 1.165) is 19.0 Å². The minimum Gasteiger partial charge on any atom is -0.463 e. The molecule has 0 N–H and O–H groups in total.